The molecule has 0 aliphatic carbocycles. The molecule has 1 aliphatic heterocycles. The molecule has 0 saturated carbocycles. The fraction of sp³-hybridized carbons (Fsp3) is 0.227. The first-order valence-corrected chi connectivity index (χ1v) is 10.9. The van der Waals surface area contributed by atoms with Crippen LogP contribution in [0.25, 0.3) is 6.08 Å². The summed E-state index contributed by atoms with van der Waals surface area (Å²) in [7, 11) is 2.73. The lowest BCUT2D eigenvalue weighted by Crippen LogP contribution is -2.42. The van der Waals surface area contributed by atoms with E-state index in [4.69, 9.17) is 9.47 Å². The van der Waals surface area contributed by atoms with Gasteiger partial charge >= 0.3 is 5.97 Å². The Morgan fingerprint density at radius 2 is 1.87 bits per heavy atom. The molecule has 9 heteroatoms. The average Bonchev–Trinajstić information content (AvgIpc) is 3.06. The van der Waals surface area contributed by atoms with Crippen molar-refractivity contribution in [3.63, 3.8) is 0 Å². The van der Waals surface area contributed by atoms with Gasteiger partial charge in [-0.15, -0.1) is 0 Å². The summed E-state index contributed by atoms with van der Waals surface area (Å²) in [5.74, 6) is -0.204. The number of carbonyl (C=O) groups excluding carboxylic acids is 3. The second kappa shape index (κ2) is 10.0. The van der Waals surface area contributed by atoms with E-state index in [-0.39, 0.29) is 4.91 Å². The molecule has 7 nitrogen and oxygen atoms in total. The number of carbonyl (C=O) groups is 3. The Hall–Kier alpha value is -2.78. The molecule has 0 bridgehead atoms. The standard InChI is InChI=1S/C22H20BrNO6S/c1-13(21(26)29-3)24-20(25)19(31-22(24)27)10-15-9-17(28-2)18(11-16(15)23)30-12-14-7-5-4-6-8-14/h4-11,13H,12H2,1-3H3/b19-10+/t13-/m1/s1. The van der Waals surface area contributed by atoms with E-state index >= 15 is 0 Å². The third kappa shape index (κ3) is 5.11. The predicted molar refractivity (Wildman–Crippen MR) is 121 cm³/mol. The second-order valence-electron chi connectivity index (χ2n) is 6.55. The van der Waals surface area contributed by atoms with Gasteiger partial charge in [0.2, 0.25) is 0 Å². The molecule has 0 N–H and O–H groups in total. The third-order valence-corrected chi connectivity index (χ3v) is 6.13. The van der Waals surface area contributed by atoms with Gasteiger partial charge in [0.25, 0.3) is 11.1 Å². The molecule has 31 heavy (non-hydrogen) atoms. The third-order valence-electron chi connectivity index (χ3n) is 4.56. The van der Waals surface area contributed by atoms with E-state index < -0.39 is 23.2 Å². The van der Waals surface area contributed by atoms with E-state index in [2.05, 4.69) is 20.7 Å². The average molecular weight is 506 g/mol. The van der Waals surface area contributed by atoms with Gasteiger partial charge in [0.15, 0.2) is 11.5 Å². The number of benzene rings is 2. The molecule has 1 atom stereocenters. The fourth-order valence-electron chi connectivity index (χ4n) is 2.90. The van der Waals surface area contributed by atoms with Gasteiger partial charge in [-0.25, -0.2) is 4.79 Å². The highest BCUT2D eigenvalue weighted by molar-refractivity contribution is 9.10. The van der Waals surface area contributed by atoms with Crippen molar-refractivity contribution in [1.29, 1.82) is 0 Å². The SMILES string of the molecule is COC(=O)[C@@H](C)N1C(=O)S/C(=C/c2cc(OC)c(OCc3ccccc3)cc2Br)C1=O. The number of hydrogen-bond acceptors (Lipinski definition) is 7. The molecule has 3 rings (SSSR count). The van der Waals surface area contributed by atoms with E-state index in [1.807, 2.05) is 30.3 Å². The molecule has 162 valence electrons. The summed E-state index contributed by atoms with van der Waals surface area (Å²) in [6, 6.07) is 12.2. The van der Waals surface area contributed by atoms with Gasteiger partial charge in [0.1, 0.15) is 12.6 Å². The minimum absolute atomic E-state index is 0.196. The molecule has 0 unspecified atom stereocenters. The maximum Gasteiger partial charge on any atom is 0.328 e. The van der Waals surface area contributed by atoms with Gasteiger partial charge in [0, 0.05) is 4.47 Å². The van der Waals surface area contributed by atoms with Crippen molar-refractivity contribution in [3.8, 4) is 11.5 Å². The van der Waals surface area contributed by atoms with Gasteiger partial charge in [-0.1, -0.05) is 46.3 Å². The van der Waals surface area contributed by atoms with Crippen molar-refractivity contribution < 1.29 is 28.6 Å². The number of ether oxygens (including phenoxy) is 3. The Morgan fingerprint density at radius 3 is 2.52 bits per heavy atom. The van der Waals surface area contributed by atoms with Gasteiger partial charge in [-0.2, -0.15) is 0 Å². The number of amides is 2. The Kier molecular flexibility index (Phi) is 7.40. The summed E-state index contributed by atoms with van der Waals surface area (Å²) in [6.45, 7) is 1.82. The first kappa shape index (κ1) is 22.9. The summed E-state index contributed by atoms with van der Waals surface area (Å²) in [5.41, 5.74) is 1.64. The summed E-state index contributed by atoms with van der Waals surface area (Å²) in [4.78, 5) is 37.9. The highest BCUT2D eigenvalue weighted by atomic mass is 79.9. The quantitative estimate of drug-likeness (QED) is 0.400. The Balaban J connectivity index is 1.84. The van der Waals surface area contributed by atoms with Crippen LogP contribution in [0.4, 0.5) is 4.79 Å². The first-order valence-electron chi connectivity index (χ1n) is 9.24. The molecule has 2 aromatic carbocycles. The molecule has 1 fully saturated rings. The molecule has 0 aromatic heterocycles. The van der Waals surface area contributed by atoms with Crippen molar-refractivity contribution in [2.24, 2.45) is 0 Å². The van der Waals surface area contributed by atoms with E-state index in [0.29, 0.717) is 28.1 Å². The van der Waals surface area contributed by atoms with Crippen LogP contribution in [-0.2, 0) is 20.9 Å². The van der Waals surface area contributed by atoms with Crippen molar-refractivity contribution in [1.82, 2.24) is 4.90 Å². The monoisotopic (exact) mass is 505 g/mol. The highest BCUT2D eigenvalue weighted by Crippen LogP contribution is 2.38. The van der Waals surface area contributed by atoms with Crippen LogP contribution in [0.5, 0.6) is 11.5 Å². The molecule has 2 amide bonds. The van der Waals surface area contributed by atoms with Gasteiger partial charge in [-0.3, -0.25) is 14.5 Å². The van der Waals surface area contributed by atoms with E-state index in [9.17, 15) is 14.4 Å². The lowest BCUT2D eigenvalue weighted by Gasteiger charge is -2.18. The maximum atomic E-state index is 12.7. The molecule has 1 heterocycles. The molecular formula is C22H20BrNO6S. The van der Waals surface area contributed by atoms with Crippen LogP contribution in [-0.4, -0.2) is 42.3 Å². The number of esters is 1. The molecule has 2 aromatic rings. The van der Waals surface area contributed by atoms with Crippen LogP contribution in [0.15, 0.2) is 51.8 Å². The van der Waals surface area contributed by atoms with Crippen LogP contribution < -0.4 is 9.47 Å². The molecule has 1 saturated heterocycles. The number of halogens is 1. The van der Waals surface area contributed by atoms with Crippen LogP contribution in [0.1, 0.15) is 18.1 Å². The van der Waals surface area contributed by atoms with E-state index in [1.165, 1.54) is 21.1 Å². The Morgan fingerprint density at radius 1 is 1.16 bits per heavy atom. The highest BCUT2D eigenvalue weighted by Gasteiger charge is 2.41. The largest absolute Gasteiger partial charge is 0.493 e. The zero-order chi connectivity index (χ0) is 22.5. The van der Waals surface area contributed by atoms with E-state index in [0.717, 1.165) is 22.2 Å². The summed E-state index contributed by atoms with van der Waals surface area (Å²) >= 11 is 4.25. The van der Waals surface area contributed by atoms with Gasteiger partial charge in [0.05, 0.1) is 19.1 Å². The Bertz CT molecular complexity index is 1040. The number of thioether (sulfide) groups is 1. The zero-order valence-corrected chi connectivity index (χ0v) is 19.5. The normalized spacial score (nSPS) is 15.9. The topological polar surface area (TPSA) is 82.1 Å². The maximum absolute atomic E-state index is 12.7. The number of imide groups is 1. The van der Waals surface area contributed by atoms with Gasteiger partial charge < -0.3 is 14.2 Å². The smallest absolute Gasteiger partial charge is 0.328 e. The predicted octanol–water partition coefficient (Wildman–Crippen LogP) is 4.63. The van der Waals surface area contributed by atoms with Crippen LogP contribution in [0.2, 0.25) is 0 Å². The summed E-state index contributed by atoms with van der Waals surface area (Å²) < 4.78 is 16.6. The summed E-state index contributed by atoms with van der Waals surface area (Å²) in [5, 5.41) is -0.528. The number of rotatable bonds is 7. The van der Waals surface area contributed by atoms with Crippen LogP contribution in [0.3, 0.4) is 0 Å². The zero-order valence-electron chi connectivity index (χ0n) is 17.1. The minimum Gasteiger partial charge on any atom is -0.493 e. The van der Waals surface area contributed by atoms with Crippen molar-refractivity contribution in [2.45, 2.75) is 19.6 Å². The van der Waals surface area contributed by atoms with E-state index in [1.54, 1.807) is 18.2 Å². The molecule has 0 radical (unpaired) electrons. The number of hydrogen-bond donors (Lipinski definition) is 0. The number of nitrogens with zero attached hydrogens (tertiary/aromatic N) is 1. The van der Waals surface area contributed by atoms with Crippen molar-refractivity contribution in [2.75, 3.05) is 14.2 Å². The van der Waals surface area contributed by atoms with Crippen molar-refractivity contribution in [3.05, 3.63) is 63.0 Å². The Labute approximate surface area is 192 Å². The molecular weight excluding hydrogens is 486 g/mol. The van der Waals surface area contributed by atoms with Crippen LogP contribution in [0, 0.1) is 0 Å². The first-order chi connectivity index (χ1) is 14.8. The van der Waals surface area contributed by atoms with Crippen LogP contribution >= 0.6 is 27.7 Å². The lowest BCUT2D eigenvalue weighted by atomic mass is 10.1. The number of methoxy groups -OCH3 is 2. The lowest BCUT2D eigenvalue weighted by molar-refractivity contribution is -0.148. The van der Waals surface area contributed by atoms with Gasteiger partial charge in [-0.05, 0) is 48.0 Å². The summed E-state index contributed by atoms with van der Waals surface area (Å²) in [6.07, 6.45) is 1.57. The minimum atomic E-state index is -1.00. The molecule has 0 spiro atoms. The second-order valence-corrected chi connectivity index (χ2v) is 8.40. The van der Waals surface area contributed by atoms with Crippen molar-refractivity contribution >= 4 is 50.9 Å². The fourth-order valence-corrected chi connectivity index (χ4v) is 4.24. The molecule has 1 aliphatic rings.